The molecule has 2 aromatic carbocycles. The van der Waals surface area contributed by atoms with Crippen molar-refractivity contribution in [1.82, 2.24) is 0 Å². The second kappa shape index (κ2) is 7.49. The summed E-state index contributed by atoms with van der Waals surface area (Å²) in [6.07, 6.45) is 0. The molecule has 1 heterocycles. The summed E-state index contributed by atoms with van der Waals surface area (Å²) in [5, 5.41) is 2.97. The van der Waals surface area contributed by atoms with Gasteiger partial charge < -0.3 is 19.2 Å². The van der Waals surface area contributed by atoms with Crippen molar-refractivity contribution in [3.05, 3.63) is 65.1 Å². The van der Waals surface area contributed by atoms with Crippen molar-refractivity contribution < 1.29 is 23.1 Å². The lowest BCUT2D eigenvalue weighted by Crippen LogP contribution is -2.12. The van der Waals surface area contributed by atoms with Crippen LogP contribution in [0.4, 0.5) is 10.1 Å². The van der Waals surface area contributed by atoms with Crippen LogP contribution in [0.25, 0.3) is 11.3 Å². The molecule has 0 aliphatic rings. The summed E-state index contributed by atoms with van der Waals surface area (Å²) in [5.41, 5.74) is 0.628. The fourth-order valence-corrected chi connectivity index (χ4v) is 2.65. The molecule has 0 fully saturated rings. The van der Waals surface area contributed by atoms with Crippen LogP contribution in [0.1, 0.15) is 10.6 Å². The van der Waals surface area contributed by atoms with Crippen LogP contribution in [0.15, 0.2) is 52.9 Å². The summed E-state index contributed by atoms with van der Waals surface area (Å²) in [5.74, 6) is 0.122. The SMILES string of the molecule is COc1cc(OC)c(NC(=O)c2ccc(-c3ccccc3F)o2)cc1Cl. The largest absolute Gasteiger partial charge is 0.495 e. The van der Waals surface area contributed by atoms with E-state index >= 15 is 0 Å². The summed E-state index contributed by atoms with van der Waals surface area (Å²) in [6.45, 7) is 0. The molecule has 5 nitrogen and oxygen atoms in total. The Kier molecular flexibility index (Phi) is 5.14. The van der Waals surface area contributed by atoms with E-state index < -0.39 is 11.7 Å². The lowest BCUT2D eigenvalue weighted by atomic mass is 10.1. The van der Waals surface area contributed by atoms with Crippen molar-refractivity contribution in [2.24, 2.45) is 0 Å². The van der Waals surface area contributed by atoms with Gasteiger partial charge in [-0.25, -0.2) is 4.39 Å². The highest BCUT2D eigenvalue weighted by Crippen LogP contribution is 2.36. The number of carbonyl (C=O) groups excluding carboxylic acids is 1. The first kappa shape index (κ1) is 17.8. The van der Waals surface area contributed by atoms with Crippen molar-refractivity contribution >= 4 is 23.2 Å². The first-order valence-corrected chi connectivity index (χ1v) is 7.99. The normalized spacial score (nSPS) is 10.5. The summed E-state index contributed by atoms with van der Waals surface area (Å²) in [4.78, 5) is 12.4. The van der Waals surface area contributed by atoms with E-state index in [0.717, 1.165) is 0 Å². The number of ether oxygens (including phenoxy) is 2. The topological polar surface area (TPSA) is 60.7 Å². The molecule has 1 N–H and O–H groups in total. The molecule has 0 radical (unpaired) electrons. The molecule has 1 aromatic heterocycles. The Morgan fingerprint density at radius 2 is 1.81 bits per heavy atom. The molecule has 134 valence electrons. The van der Waals surface area contributed by atoms with Gasteiger partial charge in [0.25, 0.3) is 5.91 Å². The van der Waals surface area contributed by atoms with E-state index in [0.29, 0.717) is 22.2 Å². The molecule has 3 aromatic rings. The van der Waals surface area contributed by atoms with Crippen LogP contribution in [0.5, 0.6) is 11.5 Å². The van der Waals surface area contributed by atoms with E-state index in [-0.39, 0.29) is 17.1 Å². The van der Waals surface area contributed by atoms with E-state index in [4.69, 9.17) is 25.5 Å². The fraction of sp³-hybridized carbons (Fsp3) is 0.105. The van der Waals surface area contributed by atoms with Gasteiger partial charge in [-0.1, -0.05) is 23.7 Å². The van der Waals surface area contributed by atoms with Gasteiger partial charge in [-0.05, 0) is 30.3 Å². The number of furan rings is 1. The van der Waals surface area contributed by atoms with E-state index in [1.54, 1.807) is 24.3 Å². The van der Waals surface area contributed by atoms with Gasteiger partial charge in [0.1, 0.15) is 23.1 Å². The Balaban J connectivity index is 1.86. The molecular formula is C19H15ClFNO4. The third-order valence-corrected chi connectivity index (χ3v) is 3.99. The number of carbonyl (C=O) groups is 1. The molecule has 0 saturated carbocycles. The van der Waals surface area contributed by atoms with Gasteiger partial charge in [0, 0.05) is 6.07 Å². The second-order valence-corrected chi connectivity index (χ2v) is 5.69. The number of methoxy groups -OCH3 is 2. The molecule has 0 spiro atoms. The summed E-state index contributed by atoms with van der Waals surface area (Å²) in [7, 11) is 2.94. The maximum atomic E-state index is 13.8. The van der Waals surface area contributed by atoms with Crippen molar-refractivity contribution in [2.75, 3.05) is 19.5 Å². The number of halogens is 2. The van der Waals surface area contributed by atoms with Crippen LogP contribution in [0, 0.1) is 5.82 Å². The van der Waals surface area contributed by atoms with Crippen LogP contribution in [-0.2, 0) is 0 Å². The minimum Gasteiger partial charge on any atom is -0.495 e. The smallest absolute Gasteiger partial charge is 0.291 e. The Labute approximate surface area is 154 Å². The summed E-state index contributed by atoms with van der Waals surface area (Å²) in [6, 6.07) is 12.2. The summed E-state index contributed by atoms with van der Waals surface area (Å²) >= 11 is 6.09. The van der Waals surface area contributed by atoms with E-state index in [9.17, 15) is 9.18 Å². The minimum atomic E-state index is -0.521. The Morgan fingerprint density at radius 1 is 1.08 bits per heavy atom. The predicted molar refractivity (Wildman–Crippen MR) is 96.6 cm³/mol. The van der Waals surface area contributed by atoms with Crippen LogP contribution in [0.2, 0.25) is 5.02 Å². The molecule has 0 unspecified atom stereocenters. The number of amides is 1. The van der Waals surface area contributed by atoms with Gasteiger partial charge >= 0.3 is 0 Å². The Hall–Kier alpha value is -2.99. The average Bonchev–Trinajstić information content (AvgIpc) is 3.12. The van der Waals surface area contributed by atoms with Gasteiger partial charge in [-0.2, -0.15) is 0 Å². The molecule has 1 amide bonds. The van der Waals surface area contributed by atoms with Gasteiger partial charge in [-0.3, -0.25) is 4.79 Å². The first-order chi connectivity index (χ1) is 12.5. The van der Waals surface area contributed by atoms with E-state index in [2.05, 4.69) is 5.32 Å². The maximum absolute atomic E-state index is 13.8. The predicted octanol–water partition coefficient (Wildman–Crippen LogP) is 5.01. The van der Waals surface area contributed by atoms with Crippen molar-refractivity contribution in [3.8, 4) is 22.8 Å². The van der Waals surface area contributed by atoms with E-state index in [1.165, 1.54) is 38.5 Å². The zero-order valence-electron chi connectivity index (χ0n) is 14.0. The second-order valence-electron chi connectivity index (χ2n) is 5.28. The van der Waals surface area contributed by atoms with Crippen molar-refractivity contribution in [1.29, 1.82) is 0 Å². The molecule has 0 aliphatic heterocycles. The summed E-state index contributed by atoms with van der Waals surface area (Å²) < 4.78 is 29.7. The Morgan fingerprint density at radius 3 is 2.50 bits per heavy atom. The first-order valence-electron chi connectivity index (χ1n) is 7.61. The molecule has 0 bridgehead atoms. The number of rotatable bonds is 5. The van der Waals surface area contributed by atoms with Crippen LogP contribution >= 0.6 is 11.6 Å². The van der Waals surface area contributed by atoms with Crippen LogP contribution in [-0.4, -0.2) is 20.1 Å². The van der Waals surface area contributed by atoms with Crippen LogP contribution < -0.4 is 14.8 Å². The molecule has 26 heavy (non-hydrogen) atoms. The third-order valence-electron chi connectivity index (χ3n) is 3.69. The molecule has 0 saturated heterocycles. The molecule has 0 aliphatic carbocycles. The van der Waals surface area contributed by atoms with Crippen LogP contribution in [0.3, 0.4) is 0 Å². The van der Waals surface area contributed by atoms with Gasteiger partial charge in [0.2, 0.25) is 0 Å². The highest BCUT2D eigenvalue weighted by Gasteiger charge is 2.17. The molecule has 3 rings (SSSR count). The van der Waals surface area contributed by atoms with Crippen molar-refractivity contribution in [2.45, 2.75) is 0 Å². The molecule has 7 heteroatoms. The molecule has 0 atom stereocenters. The highest BCUT2D eigenvalue weighted by molar-refractivity contribution is 6.32. The number of hydrogen-bond acceptors (Lipinski definition) is 4. The quantitative estimate of drug-likeness (QED) is 0.681. The number of benzene rings is 2. The number of hydrogen-bond donors (Lipinski definition) is 1. The average molecular weight is 376 g/mol. The minimum absolute atomic E-state index is 0.0252. The fourth-order valence-electron chi connectivity index (χ4n) is 2.41. The number of anilines is 1. The standard InChI is InChI=1S/C19H15ClFNO4/c1-24-17-10-18(25-2)14(9-12(17)20)22-19(23)16-8-7-15(26-16)11-5-3-4-6-13(11)21/h3-10H,1-2H3,(H,22,23). The lowest BCUT2D eigenvalue weighted by molar-refractivity contribution is 0.0997. The third kappa shape index (κ3) is 3.50. The molecular weight excluding hydrogens is 361 g/mol. The zero-order chi connectivity index (χ0) is 18.7. The van der Waals surface area contributed by atoms with Crippen molar-refractivity contribution in [3.63, 3.8) is 0 Å². The Bertz CT molecular complexity index is 954. The lowest BCUT2D eigenvalue weighted by Gasteiger charge is -2.12. The van der Waals surface area contributed by atoms with Gasteiger partial charge in [-0.15, -0.1) is 0 Å². The maximum Gasteiger partial charge on any atom is 0.291 e. The van der Waals surface area contributed by atoms with E-state index in [1.807, 2.05) is 0 Å². The van der Waals surface area contributed by atoms with Gasteiger partial charge in [0.05, 0.1) is 30.5 Å². The zero-order valence-corrected chi connectivity index (χ0v) is 14.8. The number of nitrogens with one attached hydrogen (secondary N) is 1. The highest BCUT2D eigenvalue weighted by atomic mass is 35.5. The van der Waals surface area contributed by atoms with Gasteiger partial charge in [0.15, 0.2) is 5.76 Å². The monoisotopic (exact) mass is 375 g/mol.